The van der Waals surface area contributed by atoms with Gasteiger partial charge < -0.3 is 14.8 Å². The number of nitrogens with one attached hydrogen (secondary N) is 1. The van der Waals surface area contributed by atoms with Crippen LogP contribution in [-0.4, -0.2) is 47.1 Å². The molecule has 3 aromatic carbocycles. The third kappa shape index (κ3) is 5.55. The number of nitrogens with zero attached hydrogens (tertiary/aromatic N) is 4. The Bertz CT molecular complexity index is 1470. The lowest BCUT2D eigenvalue weighted by Gasteiger charge is -2.33. The van der Waals surface area contributed by atoms with Crippen LogP contribution in [-0.2, 0) is 16.1 Å². The lowest BCUT2D eigenvalue weighted by atomic mass is 10.0. The van der Waals surface area contributed by atoms with Crippen LogP contribution in [0.5, 0.6) is 11.5 Å². The number of rotatable bonds is 9. The Morgan fingerprint density at radius 1 is 1.05 bits per heavy atom. The second kappa shape index (κ2) is 11.5. The van der Waals surface area contributed by atoms with Gasteiger partial charge >= 0.3 is 0 Å². The van der Waals surface area contributed by atoms with Crippen LogP contribution in [0.25, 0.3) is 11.0 Å². The van der Waals surface area contributed by atoms with Crippen LogP contribution in [0.15, 0.2) is 66.7 Å². The molecule has 5 rings (SSSR count). The van der Waals surface area contributed by atoms with E-state index in [1.54, 1.807) is 24.3 Å². The van der Waals surface area contributed by atoms with Crippen LogP contribution in [0.4, 0.5) is 10.1 Å². The summed E-state index contributed by atoms with van der Waals surface area (Å²) in [5.41, 5.74) is 2.15. The molecule has 1 aliphatic carbocycles. The highest BCUT2D eigenvalue weighted by Crippen LogP contribution is 2.36. The van der Waals surface area contributed by atoms with Crippen LogP contribution in [0.3, 0.4) is 0 Å². The van der Waals surface area contributed by atoms with Crippen molar-refractivity contribution < 1.29 is 23.5 Å². The fourth-order valence-electron chi connectivity index (χ4n) is 5.07. The van der Waals surface area contributed by atoms with Crippen molar-refractivity contribution in [2.75, 3.05) is 19.1 Å². The van der Waals surface area contributed by atoms with E-state index in [1.807, 2.05) is 18.2 Å². The van der Waals surface area contributed by atoms with Gasteiger partial charge in [-0.05, 0) is 61.4 Å². The van der Waals surface area contributed by atoms with Gasteiger partial charge in [-0.25, -0.2) is 9.07 Å². The van der Waals surface area contributed by atoms with Gasteiger partial charge in [0.1, 0.15) is 35.4 Å². The van der Waals surface area contributed by atoms with Crippen molar-refractivity contribution in [1.29, 1.82) is 0 Å². The molecule has 1 unspecified atom stereocenters. The molecular weight excluding hydrogens is 501 g/mol. The predicted molar refractivity (Wildman–Crippen MR) is 144 cm³/mol. The van der Waals surface area contributed by atoms with Gasteiger partial charge in [0.25, 0.3) is 0 Å². The number of fused-ring (bicyclic) bond motifs is 1. The third-order valence-electron chi connectivity index (χ3n) is 7.02. The molecule has 1 saturated carbocycles. The summed E-state index contributed by atoms with van der Waals surface area (Å²) in [7, 11) is 3.03. The summed E-state index contributed by atoms with van der Waals surface area (Å²) in [6, 6.07) is 16.8. The number of carbonyl (C=O) groups is 2. The third-order valence-corrected chi connectivity index (χ3v) is 7.02. The first-order chi connectivity index (χ1) is 19.0. The van der Waals surface area contributed by atoms with Gasteiger partial charge in [0.2, 0.25) is 11.8 Å². The highest BCUT2D eigenvalue weighted by Gasteiger charge is 2.36. The summed E-state index contributed by atoms with van der Waals surface area (Å²) in [5, 5.41) is 11.4. The molecule has 10 heteroatoms. The number of benzene rings is 3. The maximum Gasteiger partial charge on any atom is 0.249 e. The Hall–Kier alpha value is -4.47. The highest BCUT2D eigenvalue weighted by atomic mass is 19.1. The number of halogens is 1. The van der Waals surface area contributed by atoms with Gasteiger partial charge in [0, 0.05) is 23.4 Å². The second-order valence-electron chi connectivity index (χ2n) is 9.48. The van der Waals surface area contributed by atoms with E-state index >= 15 is 0 Å². The quantitative estimate of drug-likeness (QED) is 0.343. The molecule has 1 heterocycles. The smallest absolute Gasteiger partial charge is 0.249 e. The predicted octanol–water partition coefficient (Wildman–Crippen LogP) is 4.42. The molecule has 0 aliphatic heterocycles. The Labute approximate surface area is 225 Å². The minimum absolute atomic E-state index is 0.00803. The average molecular weight is 532 g/mol. The first kappa shape index (κ1) is 26.1. The number of ether oxygens (including phenoxy) is 2. The van der Waals surface area contributed by atoms with Crippen molar-refractivity contribution in [3.05, 3.63) is 78.1 Å². The lowest BCUT2D eigenvalue weighted by molar-refractivity contribution is -0.127. The molecule has 1 aliphatic rings. The largest absolute Gasteiger partial charge is 0.497 e. The van der Waals surface area contributed by atoms with Crippen molar-refractivity contribution in [3.63, 3.8) is 0 Å². The average Bonchev–Trinajstić information content (AvgIpc) is 3.62. The summed E-state index contributed by atoms with van der Waals surface area (Å²) in [6.45, 7) is -0.191. The molecule has 1 atom stereocenters. The molecule has 9 nitrogen and oxygen atoms in total. The highest BCUT2D eigenvalue weighted by molar-refractivity contribution is 6.02. The maximum absolute atomic E-state index is 14.1. The molecule has 0 saturated heterocycles. The van der Waals surface area contributed by atoms with Gasteiger partial charge in [-0.3, -0.25) is 14.5 Å². The second-order valence-corrected chi connectivity index (χ2v) is 9.48. The van der Waals surface area contributed by atoms with Gasteiger partial charge in [0.15, 0.2) is 0 Å². The van der Waals surface area contributed by atoms with Crippen LogP contribution in [0.1, 0.15) is 37.3 Å². The van der Waals surface area contributed by atoms with Crippen molar-refractivity contribution in [2.45, 2.75) is 44.3 Å². The zero-order valence-electron chi connectivity index (χ0n) is 21.8. The molecule has 1 N–H and O–H groups in total. The Morgan fingerprint density at radius 2 is 1.79 bits per heavy atom. The number of para-hydroxylation sites is 1. The van der Waals surface area contributed by atoms with E-state index in [2.05, 4.69) is 15.6 Å². The Balaban J connectivity index is 1.61. The van der Waals surface area contributed by atoms with Crippen molar-refractivity contribution in [2.24, 2.45) is 0 Å². The van der Waals surface area contributed by atoms with E-state index in [9.17, 15) is 14.0 Å². The van der Waals surface area contributed by atoms with E-state index in [0.717, 1.165) is 25.7 Å². The minimum atomic E-state index is -1.11. The summed E-state index contributed by atoms with van der Waals surface area (Å²) >= 11 is 0. The number of amides is 2. The van der Waals surface area contributed by atoms with Gasteiger partial charge in [-0.2, -0.15) is 0 Å². The summed E-state index contributed by atoms with van der Waals surface area (Å²) in [5.74, 6) is -0.318. The fraction of sp³-hybridized carbons (Fsp3) is 0.310. The zero-order chi connectivity index (χ0) is 27.4. The number of methoxy groups -OCH3 is 2. The molecule has 4 aromatic rings. The van der Waals surface area contributed by atoms with Crippen LogP contribution >= 0.6 is 0 Å². The standard InChI is InChI=1S/C29H30FN5O4/c1-38-22-15-16-23(26(17-22)39-2)28(29(37)31-20-7-3-4-8-20)35(21-13-11-19(30)12-14-21)27(36)18-34-25-10-6-5-9-24(25)32-33-34/h5-6,9-17,20,28H,3-4,7-8,18H2,1-2H3,(H,31,37). The van der Waals surface area contributed by atoms with E-state index < -0.39 is 17.8 Å². The van der Waals surface area contributed by atoms with E-state index in [0.29, 0.717) is 33.8 Å². The summed E-state index contributed by atoms with van der Waals surface area (Å²) in [4.78, 5) is 29.5. The van der Waals surface area contributed by atoms with Crippen LogP contribution in [0.2, 0.25) is 0 Å². The monoisotopic (exact) mass is 531 g/mol. The van der Waals surface area contributed by atoms with Gasteiger partial charge in [-0.15, -0.1) is 5.10 Å². The SMILES string of the molecule is COc1ccc(C(C(=O)NC2CCCC2)N(C(=O)Cn2nnc3ccccc32)c2ccc(F)cc2)c(OC)c1. The molecule has 0 spiro atoms. The molecule has 0 radical (unpaired) electrons. The van der Waals surface area contributed by atoms with Crippen molar-refractivity contribution >= 4 is 28.5 Å². The Morgan fingerprint density at radius 3 is 2.51 bits per heavy atom. The number of hydrogen-bond donors (Lipinski definition) is 1. The number of anilines is 1. The van der Waals surface area contributed by atoms with Gasteiger partial charge in [-0.1, -0.05) is 30.2 Å². The fourth-order valence-corrected chi connectivity index (χ4v) is 5.07. The van der Waals surface area contributed by atoms with E-state index in [4.69, 9.17) is 9.47 Å². The van der Waals surface area contributed by atoms with E-state index in [-0.39, 0.29) is 18.5 Å². The van der Waals surface area contributed by atoms with Crippen LogP contribution in [0, 0.1) is 5.82 Å². The first-order valence-electron chi connectivity index (χ1n) is 12.9. The number of carbonyl (C=O) groups excluding carboxylic acids is 2. The molecule has 1 fully saturated rings. The lowest BCUT2D eigenvalue weighted by Crippen LogP contribution is -2.47. The summed E-state index contributed by atoms with van der Waals surface area (Å²) < 4.78 is 26.4. The molecule has 2 amide bonds. The van der Waals surface area contributed by atoms with Gasteiger partial charge in [0.05, 0.1) is 19.7 Å². The molecule has 39 heavy (non-hydrogen) atoms. The first-order valence-corrected chi connectivity index (χ1v) is 12.9. The topological polar surface area (TPSA) is 98.6 Å². The van der Waals surface area contributed by atoms with Crippen molar-refractivity contribution in [3.8, 4) is 11.5 Å². The van der Waals surface area contributed by atoms with Crippen molar-refractivity contribution in [1.82, 2.24) is 20.3 Å². The Kier molecular flexibility index (Phi) is 7.72. The zero-order valence-corrected chi connectivity index (χ0v) is 21.8. The summed E-state index contributed by atoms with van der Waals surface area (Å²) in [6.07, 6.45) is 3.80. The molecular formula is C29H30FN5O4. The van der Waals surface area contributed by atoms with E-state index in [1.165, 1.54) is 48.1 Å². The molecule has 1 aromatic heterocycles. The number of hydrogen-bond acceptors (Lipinski definition) is 6. The molecule has 202 valence electrons. The maximum atomic E-state index is 14.1. The van der Waals surface area contributed by atoms with Crippen LogP contribution < -0.4 is 19.7 Å². The number of aromatic nitrogens is 3. The minimum Gasteiger partial charge on any atom is -0.497 e. The normalized spacial score (nSPS) is 14.2. The molecule has 0 bridgehead atoms.